The minimum Gasteiger partial charge on any atom is -0.322 e. The molecule has 0 spiro atoms. The van der Waals surface area contributed by atoms with E-state index in [1.54, 1.807) is 6.20 Å². The Kier molecular flexibility index (Phi) is 3.08. The maximum Gasteiger partial charge on any atom is 0.0913 e. The number of nitrogens with zero attached hydrogens (tertiary/aromatic N) is 2. The van der Waals surface area contributed by atoms with Gasteiger partial charge < -0.3 is 5.73 Å². The van der Waals surface area contributed by atoms with Crippen molar-refractivity contribution in [3.63, 3.8) is 0 Å². The van der Waals surface area contributed by atoms with Crippen molar-refractivity contribution in [2.75, 3.05) is 0 Å². The van der Waals surface area contributed by atoms with Crippen LogP contribution in [0, 0.1) is 6.92 Å². The molecule has 3 nitrogen and oxygen atoms in total. The molecule has 1 aromatic carbocycles. The molecule has 0 amide bonds. The molecular weight excluding hydrogens is 206 g/mol. The van der Waals surface area contributed by atoms with Gasteiger partial charge in [-0.05, 0) is 18.9 Å². The van der Waals surface area contributed by atoms with Crippen LogP contribution in [0.5, 0.6) is 0 Å². The summed E-state index contributed by atoms with van der Waals surface area (Å²) in [6.07, 6.45) is 2.55. The Morgan fingerprint density at radius 2 is 2.07 bits per heavy atom. The van der Waals surface area contributed by atoms with Crippen LogP contribution < -0.4 is 5.73 Å². The van der Waals surface area contributed by atoms with E-state index in [0.29, 0.717) is 0 Å². The molecule has 2 N–H and O–H groups in total. The van der Waals surface area contributed by atoms with Crippen molar-refractivity contribution in [2.24, 2.45) is 5.73 Å². The van der Waals surface area contributed by atoms with Crippen LogP contribution in [0.1, 0.15) is 22.9 Å². The molecule has 0 saturated carbocycles. The predicted octanol–water partition coefficient (Wildman–Crippen LogP) is 2.09. The second-order valence-corrected chi connectivity index (χ2v) is 4.19. The largest absolute Gasteiger partial charge is 0.322 e. The van der Waals surface area contributed by atoms with Gasteiger partial charge in [0.15, 0.2) is 0 Å². The van der Waals surface area contributed by atoms with Gasteiger partial charge in [-0.25, -0.2) is 0 Å². The zero-order valence-corrected chi connectivity index (χ0v) is 9.37. The average molecular weight is 219 g/mol. The Balaban J connectivity index is 2.06. The third-order valence-electron chi connectivity index (χ3n) is 2.33. The van der Waals surface area contributed by atoms with Gasteiger partial charge in [0.05, 0.1) is 29.7 Å². The van der Waals surface area contributed by atoms with Crippen molar-refractivity contribution in [1.82, 2.24) is 8.75 Å². The SMILES string of the molecule is Cc1ccc(CC(N)c2cnsn2)cc1. The lowest BCUT2D eigenvalue weighted by molar-refractivity contribution is 0.704. The fraction of sp³-hybridized carbons (Fsp3) is 0.273. The molecule has 1 unspecified atom stereocenters. The van der Waals surface area contributed by atoms with Crippen LogP contribution in [0.2, 0.25) is 0 Å². The molecule has 0 aliphatic carbocycles. The highest BCUT2D eigenvalue weighted by molar-refractivity contribution is 6.99. The highest BCUT2D eigenvalue weighted by atomic mass is 32.1. The molecule has 1 heterocycles. The van der Waals surface area contributed by atoms with Crippen LogP contribution in [-0.4, -0.2) is 8.75 Å². The molecule has 0 aliphatic heterocycles. The van der Waals surface area contributed by atoms with Crippen LogP contribution in [0.15, 0.2) is 30.5 Å². The van der Waals surface area contributed by atoms with Gasteiger partial charge in [-0.15, -0.1) is 0 Å². The Hall–Kier alpha value is -1.26. The number of rotatable bonds is 3. The fourth-order valence-corrected chi connectivity index (χ4v) is 1.90. The summed E-state index contributed by atoms with van der Waals surface area (Å²) < 4.78 is 8.08. The topological polar surface area (TPSA) is 51.8 Å². The molecule has 0 radical (unpaired) electrons. The highest BCUT2D eigenvalue weighted by Crippen LogP contribution is 2.14. The summed E-state index contributed by atoms with van der Waals surface area (Å²) in [5.74, 6) is 0. The van der Waals surface area contributed by atoms with Gasteiger partial charge in [0.25, 0.3) is 0 Å². The van der Waals surface area contributed by atoms with Crippen LogP contribution >= 0.6 is 11.7 Å². The van der Waals surface area contributed by atoms with Crippen molar-refractivity contribution in [3.8, 4) is 0 Å². The monoisotopic (exact) mass is 219 g/mol. The predicted molar refractivity (Wildman–Crippen MR) is 61.7 cm³/mol. The van der Waals surface area contributed by atoms with Gasteiger partial charge in [0, 0.05) is 0 Å². The number of aromatic nitrogens is 2. The first-order valence-corrected chi connectivity index (χ1v) is 5.57. The smallest absolute Gasteiger partial charge is 0.0913 e. The number of hydrogen-bond acceptors (Lipinski definition) is 4. The molecular formula is C11H13N3S. The zero-order chi connectivity index (χ0) is 10.7. The van der Waals surface area contributed by atoms with Crippen molar-refractivity contribution in [2.45, 2.75) is 19.4 Å². The third-order valence-corrected chi connectivity index (χ3v) is 2.83. The van der Waals surface area contributed by atoms with Crippen LogP contribution in [0.4, 0.5) is 0 Å². The first-order valence-electron chi connectivity index (χ1n) is 4.84. The molecule has 0 bridgehead atoms. The van der Waals surface area contributed by atoms with E-state index in [4.69, 9.17) is 5.73 Å². The van der Waals surface area contributed by atoms with Crippen molar-refractivity contribution < 1.29 is 0 Å². The first-order chi connectivity index (χ1) is 7.25. The van der Waals surface area contributed by atoms with Crippen molar-refractivity contribution in [3.05, 3.63) is 47.3 Å². The van der Waals surface area contributed by atoms with E-state index in [1.807, 2.05) is 0 Å². The molecule has 0 fully saturated rings. The van der Waals surface area contributed by atoms with Gasteiger partial charge in [-0.3, -0.25) is 0 Å². The molecule has 2 rings (SSSR count). The van der Waals surface area contributed by atoms with Crippen LogP contribution in [0.25, 0.3) is 0 Å². The quantitative estimate of drug-likeness (QED) is 0.860. The first kappa shape index (κ1) is 10.3. The molecule has 1 aromatic heterocycles. The average Bonchev–Trinajstić information content (AvgIpc) is 2.74. The normalized spacial score (nSPS) is 12.7. The fourth-order valence-electron chi connectivity index (χ4n) is 1.42. The maximum atomic E-state index is 6.01. The zero-order valence-electron chi connectivity index (χ0n) is 8.55. The summed E-state index contributed by atoms with van der Waals surface area (Å²) in [7, 11) is 0. The Morgan fingerprint density at radius 3 is 2.67 bits per heavy atom. The third kappa shape index (κ3) is 2.61. The van der Waals surface area contributed by atoms with E-state index >= 15 is 0 Å². The standard InChI is InChI=1S/C11H13N3S/c1-8-2-4-9(5-3-8)6-10(12)11-7-13-15-14-11/h2-5,7,10H,6,12H2,1H3. The van der Waals surface area contributed by atoms with Crippen molar-refractivity contribution >= 4 is 11.7 Å². The molecule has 15 heavy (non-hydrogen) atoms. The molecule has 78 valence electrons. The Bertz CT molecular complexity index is 408. The summed E-state index contributed by atoms with van der Waals surface area (Å²) >= 11 is 1.20. The highest BCUT2D eigenvalue weighted by Gasteiger charge is 2.09. The van der Waals surface area contributed by atoms with E-state index in [1.165, 1.54) is 22.9 Å². The van der Waals surface area contributed by atoms with Gasteiger partial charge in [-0.2, -0.15) is 8.75 Å². The number of aryl methyl sites for hydroxylation is 1. The van der Waals surface area contributed by atoms with E-state index in [-0.39, 0.29) is 6.04 Å². The number of hydrogen-bond donors (Lipinski definition) is 1. The second kappa shape index (κ2) is 4.51. The van der Waals surface area contributed by atoms with Crippen LogP contribution in [0.3, 0.4) is 0 Å². The Morgan fingerprint density at radius 1 is 1.33 bits per heavy atom. The minimum absolute atomic E-state index is 0.0496. The summed E-state index contributed by atoms with van der Waals surface area (Å²) in [6.45, 7) is 2.08. The van der Waals surface area contributed by atoms with Gasteiger partial charge >= 0.3 is 0 Å². The summed E-state index contributed by atoms with van der Waals surface area (Å²) in [5.41, 5.74) is 9.39. The van der Waals surface area contributed by atoms with E-state index in [0.717, 1.165) is 12.1 Å². The van der Waals surface area contributed by atoms with E-state index < -0.39 is 0 Å². The number of benzene rings is 1. The van der Waals surface area contributed by atoms with Crippen LogP contribution in [-0.2, 0) is 6.42 Å². The molecule has 2 aromatic rings. The summed E-state index contributed by atoms with van der Waals surface area (Å²) in [4.78, 5) is 0. The second-order valence-electron chi connectivity index (χ2n) is 3.63. The van der Waals surface area contributed by atoms with Gasteiger partial charge in [0.2, 0.25) is 0 Å². The lowest BCUT2D eigenvalue weighted by atomic mass is 10.0. The molecule has 4 heteroatoms. The summed E-state index contributed by atoms with van der Waals surface area (Å²) in [5, 5.41) is 0. The lowest BCUT2D eigenvalue weighted by Gasteiger charge is -2.08. The van der Waals surface area contributed by atoms with E-state index in [9.17, 15) is 0 Å². The minimum atomic E-state index is -0.0496. The van der Waals surface area contributed by atoms with E-state index in [2.05, 4.69) is 39.9 Å². The van der Waals surface area contributed by atoms with Gasteiger partial charge in [0.1, 0.15) is 0 Å². The molecule has 0 aliphatic rings. The summed E-state index contributed by atoms with van der Waals surface area (Å²) in [6, 6.07) is 8.36. The maximum absolute atomic E-state index is 6.01. The number of nitrogens with two attached hydrogens (primary N) is 1. The molecule has 0 saturated heterocycles. The van der Waals surface area contributed by atoms with Gasteiger partial charge in [-0.1, -0.05) is 29.8 Å². The Labute approximate surface area is 93.3 Å². The molecule has 1 atom stereocenters. The van der Waals surface area contributed by atoms with Crippen molar-refractivity contribution in [1.29, 1.82) is 0 Å². The lowest BCUT2D eigenvalue weighted by Crippen LogP contribution is -2.13.